The van der Waals surface area contributed by atoms with Gasteiger partial charge in [-0.2, -0.15) is 5.10 Å². The van der Waals surface area contributed by atoms with Crippen molar-refractivity contribution >= 4 is 22.1 Å². The van der Waals surface area contributed by atoms with Gasteiger partial charge in [0, 0.05) is 48.0 Å². The number of imidazole rings is 1. The average molecular weight is 482 g/mol. The summed E-state index contributed by atoms with van der Waals surface area (Å²) < 4.78 is 30.4. The minimum Gasteiger partial charge on any atom is -0.336 e. The molecule has 6 aromatic rings. The zero-order valence-corrected chi connectivity index (χ0v) is 19.2. The van der Waals surface area contributed by atoms with E-state index in [1.807, 2.05) is 13.0 Å². The van der Waals surface area contributed by atoms with Gasteiger partial charge in [-0.25, -0.2) is 18.7 Å². The number of hydrogen-bond donors (Lipinski definition) is 3. The summed E-state index contributed by atoms with van der Waals surface area (Å²) in [5, 5.41) is 10.5. The number of fused-ring (bicyclic) bond motifs is 2. The molecule has 0 spiro atoms. The smallest absolute Gasteiger partial charge is 0.159 e. The highest BCUT2D eigenvalue weighted by molar-refractivity contribution is 5.96. The van der Waals surface area contributed by atoms with E-state index >= 15 is 4.39 Å². The molecule has 8 nitrogen and oxygen atoms in total. The van der Waals surface area contributed by atoms with E-state index in [-0.39, 0.29) is 16.7 Å². The Balaban J connectivity index is 1.48. The molecule has 0 radical (unpaired) electrons. The predicted octanol–water partition coefficient (Wildman–Crippen LogP) is 5.01. The molecule has 0 saturated heterocycles. The third kappa shape index (κ3) is 3.68. The van der Waals surface area contributed by atoms with Gasteiger partial charge >= 0.3 is 0 Å². The van der Waals surface area contributed by atoms with Crippen LogP contribution < -0.4 is 5.32 Å². The Bertz CT molecular complexity index is 1720. The van der Waals surface area contributed by atoms with Crippen LogP contribution in [0.25, 0.3) is 56.0 Å². The van der Waals surface area contributed by atoms with Crippen LogP contribution >= 0.6 is 0 Å². The molecule has 0 unspecified atom stereocenters. The van der Waals surface area contributed by atoms with Crippen LogP contribution in [0.15, 0.2) is 61.2 Å². The molecule has 6 rings (SSSR count). The van der Waals surface area contributed by atoms with Crippen molar-refractivity contribution in [3.8, 4) is 33.9 Å². The Labute approximate surface area is 203 Å². The van der Waals surface area contributed by atoms with Gasteiger partial charge < -0.3 is 10.3 Å². The Kier molecular flexibility index (Phi) is 5.42. The highest BCUT2D eigenvalue weighted by Gasteiger charge is 2.22. The first-order valence-corrected chi connectivity index (χ1v) is 11.4. The van der Waals surface area contributed by atoms with Crippen LogP contribution in [0.5, 0.6) is 0 Å². The van der Waals surface area contributed by atoms with Crippen molar-refractivity contribution in [1.82, 2.24) is 40.4 Å². The molecule has 0 fully saturated rings. The van der Waals surface area contributed by atoms with E-state index in [1.165, 1.54) is 12.3 Å². The molecule has 0 aliphatic heterocycles. The first-order valence-electron chi connectivity index (χ1n) is 11.4. The number of rotatable bonds is 6. The molecular weight excluding hydrogens is 462 g/mol. The molecule has 0 aliphatic rings. The summed E-state index contributed by atoms with van der Waals surface area (Å²) in [5.41, 5.74) is 4.20. The fraction of sp³-hybridized carbons (Fsp3) is 0.115. The highest BCUT2D eigenvalue weighted by Crippen LogP contribution is 2.34. The largest absolute Gasteiger partial charge is 0.336 e. The quantitative estimate of drug-likeness (QED) is 0.308. The van der Waals surface area contributed by atoms with Gasteiger partial charge in [-0.15, -0.1) is 0 Å². The summed E-state index contributed by atoms with van der Waals surface area (Å²) in [6, 6.07) is 9.97. The van der Waals surface area contributed by atoms with Crippen LogP contribution in [-0.4, -0.2) is 41.7 Å². The maximum atomic E-state index is 15.9. The lowest BCUT2D eigenvalue weighted by atomic mass is 10.1. The van der Waals surface area contributed by atoms with Gasteiger partial charge in [-0.3, -0.25) is 15.1 Å². The van der Waals surface area contributed by atoms with E-state index in [2.05, 4.69) is 40.4 Å². The van der Waals surface area contributed by atoms with E-state index in [0.717, 1.165) is 12.1 Å². The topological polar surface area (TPSA) is 108 Å². The molecule has 5 heterocycles. The summed E-state index contributed by atoms with van der Waals surface area (Å²) in [7, 11) is 0. The van der Waals surface area contributed by atoms with Gasteiger partial charge in [0.25, 0.3) is 0 Å². The standard InChI is InChI=1S/C26H20F2N8/c1-2-29-10-14-9-15(12-30-11-14)17-13-32-25-20(21(17)28)24(35-36-25)26-33-19-7-8-31-22(23(19)34-26)16-5-3-4-6-18(16)27/h3-9,11-13,29H,2,10H2,1H3,(H,33,34)(H,32,35,36). The Morgan fingerprint density at radius 2 is 1.86 bits per heavy atom. The van der Waals surface area contributed by atoms with Gasteiger partial charge in [-0.1, -0.05) is 19.1 Å². The van der Waals surface area contributed by atoms with Gasteiger partial charge in [-0.05, 0) is 36.4 Å². The van der Waals surface area contributed by atoms with Gasteiger partial charge in [0.05, 0.1) is 10.9 Å². The minimum absolute atomic E-state index is 0.198. The van der Waals surface area contributed by atoms with E-state index in [4.69, 9.17) is 0 Å². The molecular formula is C26H20F2N8. The number of pyridine rings is 3. The van der Waals surface area contributed by atoms with Crippen LogP contribution in [-0.2, 0) is 6.54 Å². The third-order valence-electron chi connectivity index (χ3n) is 5.97. The molecule has 5 aromatic heterocycles. The van der Waals surface area contributed by atoms with Crippen LogP contribution in [0.4, 0.5) is 8.78 Å². The Morgan fingerprint density at radius 3 is 2.72 bits per heavy atom. The first kappa shape index (κ1) is 21.9. The fourth-order valence-electron chi connectivity index (χ4n) is 4.23. The summed E-state index contributed by atoms with van der Waals surface area (Å²) in [5.74, 6) is -0.574. The maximum absolute atomic E-state index is 15.9. The van der Waals surface area contributed by atoms with Crippen molar-refractivity contribution in [2.45, 2.75) is 13.5 Å². The summed E-state index contributed by atoms with van der Waals surface area (Å²) in [6.45, 7) is 3.46. The molecule has 0 saturated carbocycles. The van der Waals surface area contributed by atoms with Gasteiger partial charge in [0.2, 0.25) is 0 Å². The highest BCUT2D eigenvalue weighted by atomic mass is 19.1. The van der Waals surface area contributed by atoms with Crippen molar-refractivity contribution in [3.05, 3.63) is 78.4 Å². The molecule has 10 heteroatoms. The second-order valence-electron chi connectivity index (χ2n) is 8.26. The van der Waals surface area contributed by atoms with Crippen LogP contribution in [0, 0.1) is 11.6 Å². The minimum atomic E-state index is -0.487. The van der Waals surface area contributed by atoms with Crippen molar-refractivity contribution in [1.29, 1.82) is 0 Å². The second kappa shape index (κ2) is 8.90. The van der Waals surface area contributed by atoms with Gasteiger partial charge in [0.1, 0.15) is 28.5 Å². The molecule has 1 aromatic carbocycles. The molecule has 178 valence electrons. The molecule has 3 N–H and O–H groups in total. The number of nitrogens with one attached hydrogen (secondary N) is 3. The SMILES string of the molecule is CCNCc1cncc(-c2cnc3[nH]nc(-c4nc5c(-c6ccccc6F)nccc5[nH]4)c3c2F)c1. The fourth-order valence-corrected chi connectivity index (χ4v) is 4.23. The molecule has 36 heavy (non-hydrogen) atoms. The van der Waals surface area contributed by atoms with E-state index in [9.17, 15) is 4.39 Å². The molecule has 0 amide bonds. The first-order chi connectivity index (χ1) is 17.6. The lowest BCUT2D eigenvalue weighted by molar-refractivity contribution is 0.631. The number of hydrogen-bond acceptors (Lipinski definition) is 6. The monoisotopic (exact) mass is 482 g/mol. The second-order valence-corrected chi connectivity index (χ2v) is 8.26. The Hall–Kier alpha value is -4.57. The zero-order chi connectivity index (χ0) is 24.6. The molecule has 0 atom stereocenters. The van der Waals surface area contributed by atoms with Crippen LogP contribution in [0.1, 0.15) is 12.5 Å². The van der Waals surface area contributed by atoms with E-state index < -0.39 is 11.6 Å². The normalized spacial score (nSPS) is 11.5. The lowest BCUT2D eigenvalue weighted by Crippen LogP contribution is -2.11. The van der Waals surface area contributed by atoms with Gasteiger partial charge in [0.15, 0.2) is 11.5 Å². The van der Waals surface area contributed by atoms with E-state index in [0.29, 0.717) is 45.8 Å². The third-order valence-corrected chi connectivity index (χ3v) is 5.97. The van der Waals surface area contributed by atoms with Crippen LogP contribution in [0.2, 0.25) is 0 Å². The molecule has 0 bridgehead atoms. The predicted molar refractivity (Wildman–Crippen MR) is 133 cm³/mol. The number of halogens is 2. The maximum Gasteiger partial charge on any atom is 0.159 e. The molecule has 0 aliphatic carbocycles. The Morgan fingerprint density at radius 1 is 0.972 bits per heavy atom. The van der Waals surface area contributed by atoms with E-state index in [1.54, 1.807) is 42.9 Å². The zero-order valence-electron chi connectivity index (χ0n) is 19.2. The average Bonchev–Trinajstić information content (AvgIpc) is 3.53. The number of benzene rings is 1. The number of H-pyrrole nitrogens is 2. The van der Waals surface area contributed by atoms with Crippen molar-refractivity contribution < 1.29 is 8.78 Å². The summed E-state index contributed by atoms with van der Waals surface area (Å²) in [6.07, 6.45) is 6.39. The van der Waals surface area contributed by atoms with Crippen LogP contribution in [0.3, 0.4) is 0 Å². The number of nitrogens with zero attached hydrogens (tertiary/aromatic N) is 5. The number of aromatic nitrogens is 7. The van der Waals surface area contributed by atoms with Crippen molar-refractivity contribution in [2.75, 3.05) is 6.54 Å². The number of aromatic amines is 2. The van der Waals surface area contributed by atoms with Crippen molar-refractivity contribution in [2.24, 2.45) is 0 Å². The lowest BCUT2D eigenvalue weighted by Gasteiger charge is -2.07. The summed E-state index contributed by atoms with van der Waals surface area (Å²) in [4.78, 5) is 20.8. The van der Waals surface area contributed by atoms with Crippen molar-refractivity contribution in [3.63, 3.8) is 0 Å². The summed E-state index contributed by atoms with van der Waals surface area (Å²) >= 11 is 0.